The molecule has 0 spiro atoms. The van der Waals surface area contributed by atoms with Crippen molar-refractivity contribution in [1.29, 1.82) is 0 Å². The maximum Gasteiger partial charge on any atom is 0.343 e. The normalized spacial score (nSPS) is 13.2. The Morgan fingerprint density at radius 2 is 1.63 bits per heavy atom. The highest BCUT2D eigenvalue weighted by Gasteiger charge is 2.27. The molecule has 5 nitrogen and oxygen atoms in total. The van der Waals surface area contributed by atoms with Crippen molar-refractivity contribution >= 4 is 18.4 Å². The second-order valence-corrected chi connectivity index (χ2v) is 7.53. The lowest BCUT2D eigenvalue weighted by Crippen LogP contribution is -2.05. The van der Waals surface area contributed by atoms with Gasteiger partial charge in [-0.2, -0.15) is 0 Å². The molecule has 1 aromatic rings. The smallest absolute Gasteiger partial charge is 0.343 e. The average Bonchev–Trinajstić information content (AvgIpc) is 2.39. The van der Waals surface area contributed by atoms with E-state index in [2.05, 4.69) is 0 Å². The summed E-state index contributed by atoms with van der Waals surface area (Å²) in [6.45, 7) is 3.97. The number of methoxy groups -OCH3 is 1. The van der Waals surface area contributed by atoms with Crippen LogP contribution in [0.3, 0.4) is 0 Å². The summed E-state index contributed by atoms with van der Waals surface area (Å²) in [4.78, 5) is 0.570. The molecule has 19 heavy (non-hydrogen) atoms. The zero-order valence-corrected chi connectivity index (χ0v) is 13.0. The molecule has 0 aliphatic rings. The van der Waals surface area contributed by atoms with E-state index in [-0.39, 0.29) is 18.7 Å². The Labute approximate surface area is 116 Å². The van der Waals surface area contributed by atoms with Crippen molar-refractivity contribution in [2.75, 3.05) is 25.8 Å². The number of benzene rings is 1. The first-order chi connectivity index (χ1) is 9.04. The highest BCUT2D eigenvalue weighted by atomic mass is 32.2. The SMILES string of the molecule is CCOP(=O)(C[S@@](=O)c1ccc(OC)cc1)OCC. The predicted octanol–water partition coefficient (Wildman–Crippen LogP) is 3.03. The van der Waals surface area contributed by atoms with Crippen LogP contribution in [0.4, 0.5) is 0 Å². The summed E-state index contributed by atoms with van der Waals surface area (Å²) in [6.07, 6.45) is 0. The fourth-order valence-electron chi connectivity index (χ4n) is 1.45. The van der Waals surface area contributed by atoms with E-state index in [9.17, 15) is 8.77 Å². The lowest BCUT2D eigenvalue weighted by Gasteiger charge is -2.16. The molecule has 0 heterocycles. The first-order valence-electron chi connectivity index (χ1n) is 5.95. The van der Waals surface area contributed by atoms with Gasteiger partial charge in [-0.25, -0.2) is 0 Å². The van der Waals surface area contributed by atoms with E-state index < -0.39 is 18.4 Å². The molecule has 1 rings (SSSR count). The van der Waals surface area contributed by atoms with E-state index in [1.807, 2.05) is 0 Å². The largest absolute Gasteiger partial charge is 0.497 e. The Morgan fingerprint density at radius 3 is 2.05 bits per heavy atom. The van der Waals surface area contributed by atoms with Gasteiger partial charge in [0.15, 0.2) is 0 Å². The number of hydrogen-bond donors (Lipinski definition) is 0. The topological polar surface area (TPSA) is 61.8 Å². The summed E-state index contributed by atoms with van der Waals surface area (Å²) < 4.78 is 39.7. The van der Waals surface area contributed by atoms with Gasteiger partial charge in [-0.3, -0.25) is 8.77 Å². The van der Waals surface area contributed by atoms with Gasteiger partial charge in [-0.1, -0.05) is 0 Å². The fourth-order valence-corrected chi connectivity index (χ4v) is 5.09. The third-order valence-electron chi connectivity index (χ3n) is 2.25. The number of ether oxygens (including phenoxy) is 1. The van der Waals surface area contributed by atoms with Crippen LogP contribution in [0.25, 0.3) is 0 Å². The van der Waals surface area contributed by atoms with Gasteiger partial charge in [0.2, 0.25) is 0 Å². The molecule has 0 saturated carbocycles. The first-order valence-corrected chi connectivity index (χ1v) is 9.00. The zero-order chi connectivity index (χ0) is 14.3. The lowest BCUT2D eigenvalue weighted by molar-refractivity contribution is 0.224. The molecular formula is C12H19O5PS. The van der Waals surface area contributed by atoms with Crippen LogP contribution in [-0.2, 0) is 24.4 Å². The highest BCUT2D eigenvalue weighted by Crippen LogP contribution is 2.49. The second-order valence-electron chi connectivity index (χ2n) is 3.60. The molecule has 7 heteroatoms. The molecule has 1 aromatic carbocycles. The Balaban J connectivity index is 2.78. The molecule has 0 unspecified atom stereocenters. The Morgan fingerprint density at radius 1 is 1.11 bits per heavy atom. The Hall–Kier alpha value is -0.680. The monoisotopic (exact) mass is 306 g/mol. The summed E-state index contributed by atoms with van der Waals surface area (Å²) in [5, 5.41) is 0. The molecular weight excluding hydrogens is 287 g/mol. The Kier molecular flexibility index (Phi) is 6.72. The molecule has 108 valence electrons. The van der Waals surface area contributed by atoms with Crippen molar-refractivity contribution in [1.82, 2.24) is 0 Å². The minimum Gasteiger partial charge on any atom is -0.497 e. The van der Waals surface area contributed by atoms with Crippen LogP contribution in [0.15, 0.2) is 29.2 Å². The van der Waals surface area contributed by atoms with Crippen molar-refractivity contribution in [2.45, 2.75) is 18.7 Å². The van der Waals surface area contributed by atoms with E-state index in [1.165, 1.54) is 0 Å². The van der Waals surface area contributed by atoms with Crippen molar-refractivity contribution < 1.29 is 22.6 Å². The van der Waals surface area contributed by atoms with Crippen molar-refractivity contribution in [3.05, 3.63) is 24.3 Å². The van der Waals surface area contributed by atoms with Gasteiger partial charge in [0.25, 0.3) is 0 Å². The predicted molar refractivity (Wildman–Crippen MR) is 75.1 cm³/mol. The summed E-state index contributed by atoms with van der Waals surface area (Å²) in [5.41, 5.74) is -0.138. The molecule has 0 fully saturated rings. The first kappa shape index (κ1) is 16.4. The second kappa shape index (κ2) is 7.80. The molecule has 0 saturated heterocycles. The van der Waals surface area contributed by atoms with E-state index in [0.29, 0.717) is 10.6 Å². The number of hydrogen-bond acceptors (Lipinski definition) is 5. The zero-order valence-electron chi connectivity index (χ0n) is 11.3. The van der Waals surface area contributed by atoms with E-state index in [4.69, 9.17) is 13.8 Å². The van der Waals surface area contributed by atoms with Gasteiger partial charge >= 0.3 is 7.60 Å². The summed E-state index contributed by atoms with van der Waals surface area (Å²) in [6, 6.07) is 6.77. The van der Waals surface area contributed by atoms with Crippen molar-refractivity contribution in [3.8, 4) is 5.75 Å². The van der Waals surface area contributed by atoms with Crippen LogP contribution in [-0.4, -0.2) is 30.0 Å². The van der Waals surface area contributed by atoms with Crippen LogP contribution in [0.2, 0.25) is 0 Å². The minimum absolute atomic E-state index is 0.138. The van der Waals surface area contributed by atoms with Gasteiger partial charge in [0.1, 0.15) is 11.2 Å². The molecule has 0 bridgehead atoms. The van der Waals surface area contributed by atoms with E-state index in [0.717, 1.165) is 0 Å². The van der Waals surface area contributed by atoms with Crippen molar-refractivity contribution in [2.24, 2.45) is 0 Å². The molecule has 0 aliphatic heterocycles. The van der Waals surface area contributed by atoms with Crippen LogP contribution in [0.1, 0.15) is 13.8 Å². The third kappa shape index (κ3) is 5.07. The number of rotatable bonds is 8. The maximum absolute atomic E-state index is 12.3. The summed E-state index contributed by atoms with van der Waals surface area (Å²) >= 11 is 0. The quantitative estimate of drug-likeness (QED) is 0.691. The summed E-state index contributed by atoms with van der Waals surface area (Å²) in [7, 11) is -3.17. The molecule has 0 N–H and O–H groups in total. The Bertz CT molecular complexity index is 450. The standard InChI is InChI=1S/C12H19O5PS/c1-4-16-18(13,17-5-2)10-19(14)12-8-6-11(15-3)7-9-12/h6-9H,4-5,10H2,1-3H3/t19-/m1/s1. The summed E-state index contributed by atoms with van der Waals surface area (Å²) in [5.74, 6) is 0.679. The van der Waals surface area contributed by atoms with E-state index in [1.54, 1.807) is 45.2 Å². The minimum atomic E-state index is -3.29. The van der Waals surface area contributed by atoms with E-state index >= 15 is 0 Å². The van der Waals surface area contributed by atoms with Crippen molar-refractivity contribution in [3.63, 3.8) is 0 Å². The lowest BCUT2D eigenvalue weighted by atomic mass is 10.3. The third-order valence-corrected chi connectivity index (χ3v) is 6.55. The molecule has 0 amide bonds. The van der Waals surface area contributed by atoms with Crippen LogP contribution in [0, 0.1) is 0 Å². The maximum atomic E-state index is 12.3. The van der Waals surface area contributed by atoms with Crippen LogP contribution < -0.4 is 4.74 Å². The van der Waals surface area contributed by atoms with Gasteiger partial charge in [-0.15, -0.1) is 0 Å². The van der Waals surface area contributed by atoms with Crippen LogP contribution >= 0.6 is 7.60 Å². The van der Waals surface area contributed by atoms with Gasteiger partial charge < -0.3 is 13.8 Å². The van der Waals surface area contributed by atoms with Gasteiger partial charge in [0, 0.05) is 4.90 Å². The molecule has 0 aliphatic carbocycles. The fraction of sp³-hybridized carbons (Fsp3) is 0.500. The van der Waals surface area contributed by atoms with Crippen LogP contribution in [0.5, 0.6) is 5.75 Å². The van der Waals surface area contributed by atoms with Gasteiger partial charge in [-0.05, 0) is 38.1 Å². The average molecular weight is 306 g/mol. The molecule has 1 atom stereocenters. The molecule has 0 radical (unpaired) electrons. The molecule has 0 aromatic heterocycles. The highest BCUT2D eigenvalue weighted by molar-refractivity contribution is 7.92. The van der Waals surface area contributed by atoms with Gasteiger partial charge in [0.05, 0.1) is 31.1 Å².